The number of H-pyrrole nitrogens is 1. The summed E-state index contributed by atoms with van der Waals surface area (Å²) in [6, 6.07) is 6.86. The Hall–Kier alpha value is -2.54. The van der Waals surface area contributed by atoms with E-state index in [2.05, 4.69) is 20.5 Å². The third kappa shape index (κ3) is 2.43. The average molecular weight is 300 g/mol. The molecule has 0 aliphatic heterocycles. The summed E-state index contributed by atoms with van der Waals surface area (Å²) in [6.07, 6.45) is 0. The number of amides is 1. The second-order valence-corrected chi connectivity index (χ2v) is 5.76. The van der Waals surface area contributed by atoms with Crippen molar-refractivity contribution >= 4 is 33.1 Å². The van der Waals surface area contributed by atoms with Gasteiger partial charge in [0, 0.05) is 10.3 Å². The van der Waals surface area contributed by atoms with Gasteiger partial charge in [0.25, 0.3) is 11.5 Å². The van der Waals surface area contributed by atoms with Crippen molar-refractivity contribution in [2.24, 2.45) is 0 Å². The van der Waals surface area contributed by atoms with Gasteiger partial charge in [-0.1, -0.05) is 18.2 Å². The number of aromatic nitrogens is 3. The van der Waals surface area contributed by atoms with E-state index in [1.54, 1.807) is 24.3 Å². The Morgan fingerprint density at radius 2 is 1.95 bits per heavy atom. The maximum absolute atomic E-state index is 12.3. The highest BCUT2D eigenvalue weighted by molar-refractivity contribution is 7.15. The van der Waals surface area contributed by atoms with Gasteiger partial charge in [-0.25, -0.2) is 10.1 Å². The molecule has 2 aromatic heterocycles. The highest BCUT2D eigenvalue weighted by atomic mass is 32.1. The number of benzene rings is 1. The molecule has 2 heterocycles. The maximum atomic E-state index is 12.3. The molecule has 6 nitrogen and oxygen atoms in total. The molecular formula is C14H12N4O2S. The van der Waals surface area contributed by atoms with Crippen LogP contribution in [0.4, 0.5) is 5.13 Å². The summed E-state index contributed by atoms with van der Waals surface area (Å²) in [4.78, 5) is 29.3. The number of aromatic amines is 1. The Morgan fingerprint density at radius 1 is 1.24 bits per heavy atom. The SMILES string of the molecule is Cc1nc(NC(=O)c2n[nH]c(=O)c3ccccc23)sc1C. The number of thiazole rings is 1. The third-order valence-electron chi connectivity index (χ3n) is 3.16. The van der Waals surface area contributed by atoms with Gasteiger partial charge in [-0.2, -0.15) is 5.10 Å². The first kappa shape index (κ1) is 13.4. The number of hydrogen-bond acceptors (Lipinski definition) is 5. The summed E-state index contributed by atoms with van der Waals surface area (Å²) in [7, 11) is 0. The number of nitrogens with one attached hydrogen (secondary N) is 2. The summed E-state index contributed by atoms with van der Waals surface area (Å²) in [6.45, 7) is 3.82. The second-order valence-electron chi connectivity index (χ2n) is 4.56. The molecule has 0 spiro atoms. The molecule has 1 aromatic carbocycles. The molecule has 0 fully saturated rings. The van der Waals surface area contributed by atoms with Crippen LogP contribution in [0.1, 0.15) is 21.1 Å². The fourth-order valence-corrected chi connectivity index (χ4v) is 2.78. The minimum absolute atomic E-state index is 0.177. The van der Waals surface area contributed by atoms with Gasteiger partial charge in [0.1, 0.15) is 0 Å². The van der Waals surface area contributed by atoms with Crippen molar-refractivity contribution in [1.29, 1.82) is 0 Å². The normalized spacial score (nSPS) is 10.8. The van der Waals surface area contributed by atoms with Gasteiger partial charge >= 0.3 is 0 Å². The van der Waals surface area contributed by atoms with Crippen LogP contribution in [0.15, 0.2) is 29.1 Å². The molecule has 0 aliphatic rings. The first-order valence-electron chi connectivity index (χ1n) is 6.29. The molecular weight excluding hydrogens is 288 g/mol. The molecule has 2 N–H and O–H groups in total. The lowest BCUT2D eigenvalue weighted by atomic mass is 10.1. The first-order chi connectivity index (χ1) is 10.1. The van der Waals surface area contributed by atoms with Crippen LogP contribution in [0.25, 0.3) is 10.8 Å². The van der Waals surface area contributed by atoms with E-state index in [-0.39, 0.29) is 11.3 Å². The lowest BCUT2D eigenvalue weighted by Crippen LogP contribution is -2.19. The lowest BCUT2D eigenvalue weighted by molar-refractivity contribution is 0.102. The van der Waals surface area contributed by atoms with E-state index in [1.807, 2.05) is 13.8 Å². The van der Waals surface area contributed by atoms with Gasteiger partial charge < -0.3 is 0 Å². The average Bonchev–Trinajstić information content (AvgIpc) is 2.77. The van der Waals surface area contributed by atoms with Crippen molar-refractivity contribution in [3.63, 3.8) is 0 Å². The number of hydrogen-bond donors (Lipinski definition) is 2. The van der Waals surface area contributed by atoms with Gasteiger partial charge in [0.15, 0.2) is 10.8 Å². The van der Waals surface area contributed by atoms with Crippen LogP contribution in [0, 0.1) is 13.8 Å². The summed E-state index contributed by atoms with van der Waals surface area (Å²) in [5.41, 5.74) is 0.744. The largest absolute Gasteiger partial charge is 0.296 e. The number of rotatable bonds is 2. The number of fused-ring (bicyclic) bond motifs is 1. The quantitative estimate of drug-likeness (QED) is 0.760. The smallest absolute Gasteiger partial charge is 0.278 e. The predicted molar refractivity (Wildman–Crippen MR) is 81.9 cm³/mol. The van der Waals surface area contributed by atoms with Crippen LogP contribution in [-0.4, -0.2) is 21.1 Å². The highest BCUT2D eigenvalue weighted by Crippen LogP contribution is 2.22. The van der Waals surface area contributed by atoms with E-state index in [4.69, 9.17) is 0 Å². The van der Waals surface area contributed by atoms with Gasteiger partial charge in [-0.05, 0) is 19.9 Å². The number of carbonyl (C=O) groups excluding carboxylic acids is 1. The molecule has 3 aromatic rings. The zero-order chi connectivity index (χ0) is 15.0. The molecule has 0 bridgehead atoms. The van der Waals surface area contributed by atoms with E-state index >= 15 is 0 Å². The van der Waals surface area contributed by atoms with Crippen LogP contribution in [0.3, 0.4) is 0 Å². The Labute approximate surface area is 123 Å². The second kappa shape index (κ2) is 5.10. The number of nitrogens with zero attached hydrogens (tertiary/aromatic N) is 2. The summed E-state index contributed by atoms with van der Waals surface area (Å²) < 4.78 is 0. The van der Waals surface area contributed by atoms with Crippen molar-refractivity contribution in [1.82, 2.24) is 15.2 Å². The van der Waals surface area contributed by atoms with Crippen molar-refractivity contribution in [3.05, 3.63) is 50.9 Å². The molecule has 7 heteroatoms. The summed E-state index contributed by atoms with van der Waals surface area (Å²) >= 11 is 1.40. The van der Waals surface area contributed by atoms with Crippen molar-refractivity contribution in [3.8, 4) is 0 Å². The summed E-state index contributed by atoms with van der Waals surface area (Å²) in [5, 5.41) is 10.4. The van der Waals surface area contributed by atoms with Gasteiger partial charge in [0.05, 0.1) is 11.1 Å². The monoisotopic (exact) mass is 300 g/mol. The topological polar surface area (TPSA) is 87.7 Å². The molecule has 0 atom stereocenters. The van der Waals surface area contributed by atoms with Crippen LogP contribution in [0.2, 0.25) is 0 Å². The number of aryl methyl sites for hydroxylation is 2. The molecule has 21 heavy (non-hydrogen) atoms. The molecule has 106 valence electrons. The molecule has 0 saturated carbocycles. The van der Waals surface area contributed by atoms with Gasteiger partial charge in [-0.3, -0.25) is 14.9 Å². The molecule has 0 radical (unpaired) electrons. The van der Waals surface area contributed by atoms with E-state index in [0.717, 1.165) is 10.6 Å². The minimum Gasteiger partial charge on any atom is -0.296 e. The van der Waals surface area contributed by atoms with Crippen molar-refractivity contribution in [2.75, 3.05) is 5.32 Å². The zero-order valence-electron chi connectivity index (χ0n) is 11.4. The number of anilines is 1. The van der Waals surface area contributed by atoms with Gasteiger partial charge in [0.2, 0.25) is 0 Å². The Balaban J connectivity index is 2.02. The summed E-state index contributed by atoms with van der Waals surface area (Å²) in [5.74, 6) is -0.392. The highest BCUT2D eigenvalue weighted by Gasteiger charge is 2.15. The van der Waals surface area contributed by atoms with Crippen LogP contribution >= 0.6 is 11.3 Å². The van der Waals surface area contributed by atoms with E-state index in [9.17, 15) is 9.59 Å². The standard InChI is InChI=1S/C14H12N4O2S/c1-7-8(2)21-14(15-7)16-13(20)11-9-5-3-4-6-10(9)12(19)18-17-11/h3-6H,1-2H3,(H,18,19)(H,15,16,20). The lowest BCUT2D eigenvalue weighted by Gasteiger charge is -2.04. The zero-order valence-corrected chi connectivity index (χ0v) is 12.2. The molecule has 0 unspecified atom stereocenters. The fourth-order valence-electron chi connectivity index (χ4n) is 1.97. The maximum Gasteiger partial charge on any atom is 0.278 e. The third-order valence-corrected chi connectivity index (χ3v) is 4.15. The Bertz CT molecular complexity index is 878. The van der Waals surface area contributed by atoms with Crippen molar-refractivity contribution < 1.29 is 4.79 Å². The predicted octanol–water partition coefficient (Wildman–Crippen LogP) is 2.25. The minimum atomic E-state index is -0.392. The van der Waals surface area contributed by atoms with Crippen molar-refractivity contribution in [2.45, 2.75) is 13.8 Å². The number of carbonyl (C=O) groups is 1. The molecule has 3 rings (SSSR count). The first-order valence-corrected chi connectivity index (χ1v) is 7.10. The van der Waals surface area contributed by atoms with Crippen LogP contribution < -0.4 is 10.9 Å². The molecule has 0 saturated heterocycles. The fraction of sp³-hybridized carbons (Fsp3) is 0.143. The van der Waals surface area contributed by atoms with E-state index < -0.39 is 5.91 Å². The van der Waals surface area contributed by atoms with Gasteiger partial charge in [-0.15, -0.1) is 11.3 Å². The Morgan fingerprint density at radius 3 is 2.62 bits per heavy atom. The van der Waals surface area contributed by atoms with Crippen LogP contribution in [-0.2, 0) is 0 Å². The molecule has 0 aliphatic carbocycles. The van der Waals surface area contributed by atoms with E-state index in [1.165, 1.54) is 11.3 Å². The van der Waals surface area contributed by atoms with Crippen LogP contribution in [0.5, 0.6) is 0 Å². The van der Waals surface area contributed by atoms with E-state index in [0.29, 0.717) is 15.9 Å². The molecule has 1 amide bonds. The Kier molecular flexibility index (Phi) is 3.26.